The first kappa shape index (κ1) is 18.5. The summed E-state index contributed by atoms with van der Waals surface area (Å²) < 4.78 is 7.14. The Morgan fingerprint density at radius 2 is 1.76 bits per heavy atom. The lowest BCUT2D eigenvalue weighted by Gasteiger charge is -2.10. The molecule has 0 bridgehead atoms. The van der Waals surface area contributed by atoms with Crippen LogP contribution >= 0.6 is 0 Å². The number of anilines is 3. The van der Waals surface area contributed by atoms with Crippen molar-refractivity contribution in [1.82, 2.24) is 19.5 Å². The summed E-state index contributed by atoms with van der Waals surface area (Å²) >= 11 is 0. The van der Waals surface area contributed by atoms with Gasteiger partial charge in [-0.2, -0.15) is 0 Å². The van der Waals surface area contributed by atoms with E-state index in [0.29, 0.717) is 0 Å². The fourth-order valence-electron chi connectivity index (χ4n) is 2.93. The molecule has 4 aromatic rings. The highest BCUT2D eigenvalue weighted by molar-refractivity contribution is 5.60. The van der Waals surface area contributed by atoms with Crippen LogP contribution in [0.5, 0.6) is 5.75 Å². The summed E-state index contributed by atoms with van der Waals surface area (Å²) in [4.78, 5) is 12.7. The lowest BCUT2D eigenvalue weighted by molar-refractivity contribution is 0.414. The quantitative estimate of drug-likeness (QED) is 0.475. The summed E-state index contributed by atoms with van der Waals surface area (Å²) in [7, 11) is 1.67. The monoisotopic (exact) mass is 386 g/mol. The number of methoxy groups -OCH3 is 1. The molecule has 2 heterocycles. The Morgan fingerprint density at radius 3 is 2.48 bits per heavy atom. The first-order valence-electron chi connectivity index (χ1n) is 9.34. The molecule has 7 nitrogen and oxygen atoms in total. The van der Waals surface area contributed by atoms with Crippen molar-refractivity contribution >= 4 is 17.3 Å². The number of ether oxygens (including phenoxy) is 1. The molecular formula is C22H22N6O. The van der Waals surface area contributed by atoms with E-state index in [2.05, 4.69) is 37.7 Å². The van der Waals surface area contributed by atoms with Crippen LogP contribution in [0.15, 0.2) is 79.6 Å². The molecule has 0 unspecified atom stereocenters. The fourth-order valence-corrected chi connectivity index (χ4v) is 2.93. The standard InChI is InChI=1S/C22H22N6O/c1-29-20-8-2-17(3-9-20)10-11-24-21-14-22(26-15-25-21)27-18-4-6-19(7-5-18)28-13-12-23-16-28/h2-9,12-16H,10-11H2,1H3,(H2,24,25,26,27). The van der Waals surface area contributed by atoms with Crippen molar-refractivity contribution in [2.75, 3.05) is 24.3 Å². The predicted molar refractivity (Wildman–Crippen MR) is 114 cm³/mol. The van der Waals surface area contributed by atoms with Gasteiger partial charge in [0.15, 0.2) is 0 Å². The number of rotatable bonds is 8. The van der Waals surface area contributed by atoms with Crippen molar-refractivity contribution in [3.05, 3.63) is 85.2 Å². The zero-order valence-electron chi connectivity index (χ0n) is 16.1. The van der Waals surface area contributed by atoms with Crippen LogP contribution in [0.4, 0.5) is 17.3 Å². The average molecular weight is 386 g/mol. The van der Waals surface area contributed by atoms with E-state index in [-0.39, 0.29) is 0 Å². The van der Waals surface area contributed by atoms with E-state index in [9.17, 15) is 0 Å². The van der Waals surface area contributed by atoms with Gasteiger partial charge in [-0.25, -0.2) is 15.0 Å². The molecule has 0 saturated carbocycles. The zero-order valence-corrected chi connectivity index (χ0v) is 16.1. The van der Waals surface area contributed by atoms with E-state index in [1.54, 1.807) is 26.0 Å². The van der Waals surface area contributed by atoms with Gasteiger partial charge < -0.3 is 19.9 Å². The smallest absolute Gasteiger partial charge is 0.135 e. The molecule has 146 valence electrons. The highest BCUT2D eigenvalue weighted by atomic mass is 16.5. The predicted octanol–water partition coefficient (Wildman–Crippen LogP) is 4.07. The van der Waals surface area contributed by atoms with Gasteiger partial charge in [0.2, 0.25) is 0 Å². The largest absolute Gasteiger partial charge is 0.497 e. The first-order chi connectivity index (χ1) is 14.3. The van der Waals surface area contributed by atoms with Crippen molar-refractivity contribution in [2.24, 2.45) is 0 Å². The van der Waals surface area contributed by atoms with Crippen LogP contribution in [-0.4, -0.2) is 33.2 Å². The Kier molecular flexibility index (Phi) is 5.66. The molecule has 0 aliphatic carbocycles. The highest BCUT2D eigenvalue weighted by Crippen LogP contribution is 2.18. The van der Waals surface area contributed by atoms with Crippen LogP contribution in [0, 0.1) is 0 Å². The molecule has 0 atom stereocenters. The minimum atomic E-state index is 0.738. The molecule has 0 radical (unpaired) electrons. The fraction of sp³-hybridized carbons (Fsp3) is 0.136. The zero-order chi connectivity index (χ0) is 19.9. The second-order valence-electron chi connectivity index (χ2n) is 6.46. The molecule has 0 saturated heterocycles. The minimum Gasteiger partial charge on any atom is -0.497 e. The van der Waals surface area contributed by atoms with E-state index >= 15 is 0 Å². The van der Waals surface area contributed by atoms with E-state index in [0.717, 1.165) is 41.7 Å². The number of nitrogens with zero attached hydrogens (tertiary/aromatic N) is 4. The van der Waals surface area contributed by atoms with Gasteiger partial charge in [0, 0.05) is 36.4 Å². The van der Waals surface area contributed by atoms with Crippen molar-refractivity contribution < 1.29 is 4.74 Å². The van der Waals surface area contributed by atoms with Crippen LogP contribution in [0.3, 0.4) is 0 Å². The van der Waals surface area contributed by atoms with Crippen molar-refractivity contribution in [1.29, 1.82) is 0 Å². The van der Waals surface area contributed by atoms with Crippen LogP contribution in [-0.2, 0) is 6.42 Å². The summed E-state index contributed by atoms with van der Waals surface area (Å²) in [5.74, 6) is 2.39. The van der Waals surface area contributed by atoms with Gasteiger partial charge in [0.05, 0.1) is 13.4 Å². The van der Waals surface area contributed by atoms with E-state index in [1.807, 2.05) is 53.2 Å². The topological polar surface area (TPSA) is 76.9 Å². The number of hydrogen-bond donors (Lipinski definition) is 2. The van der Waals surface area contributed by atoms with E-state index in [1.165, 1.54) is 5.56 Å². The first-order valence-corrected chi connectivity index (χ1v) is 9.34. The van der Waals surface area contributed by atoms with Gasteiger partial charge in [-0.3, -0.25) is 0 Å². The number of aromatic nitrogens is 4. The Bertz CT molecular complexity index is 1030. The lowest BCUT2D eigenvalue weighted by atomic mass is 10.1. The Labute approximate surface area is 169 Å². The third-order valence-electron chi connectivity index (χ3n) is 4.49. The third kappa shape index (κ3) is 4.90. The summed E-state index contributed by atoms with van der Waals surface area (Å²) in [5.41, 5.74) is 3.25. The number of nitrogens with one attached hydrogen (secondary N) is 2. The van der Waals surface area contributed by atoms with Crippen LogP contribution < -0.4 is 15.4 Å². The second kappa shape index (κ2) is 8.88. The number of benzene rings is 2. The molecule has 0 aliphatic rings. The number of hydrogen-bond acceptors (Lipinski definition) is 6. The Hall–Kier alpha value is -3.87. The average Bonchev–Trinajstić information content (AvgIpc) is 3.30. The van der Waals surface area contributed by atoms with E-state index in [4.69, 9.17) is 4.74 Å². The van der Waals surface area contributed by atoms with Crippen LogP contribution in [0.25, 0.3) is 5.69 Å². The SMILES string of the molecule is COc1ccc(CCNc2cc(Nc3ccc(-n4ccnc4)cc3)ncn2)cc1. The highest BCUT2D eigenvalue weighted by Gasteiger charge is 2.02. The molecule has 2 aromatic heterocycles. The van der Waals surface area contributed by atoms with Gasteiger partial charge in [0.1, 0.15) is 23.7 Å². The summed E-state index contributed by atoms with van der Waals surface area (Å²) in [6.45, 7) is 0.780. The number of imidazole rings is 1. The van der Waals surface area contributed by atoms with Gasteiger partial charge in [-0.15, -0.1) is 0 Å². The molecule has 4 rings (SSSR count). The Morgan fingerprint density at radius 1 is 0.966 bits per heavy atom. The van der Waals surface area contributed by atoms with Gasteiger partial charge >= 0.3 is 0 Å². The molecule has 0 fully saturated rings. The molecule has 7 heteroatoms. The molecule has 2 aromatic carbocycles. The van der Waals surface area contributed by atoms with E-state index < -0.39 is 0 Å². The van der Waals surface area contributed by atoms with Crippen molar-refractivity contribution in [3.63, 3.8) is 0 Å². The van der Waals surface area contributed by atoms with Gasteiger partial charge in [-0.05, 0) is 48.4 Å². The van der Waals surface area contributed by atoms with Gasteiger partial charge in [0.25, 0.3) is 0 Å². The summed E-state index contributed by atoms with van der Waals surface area (Å²) in [6, 6.07) is 18.1. The summed E-state index contributed by atoms with van der Waals surface area (Å²) in [5, 5.41) is 6.65. The van der Waals surface area contributed by atoms with Crippen LogP contribution in [0.1, 0.15) is 5.56 Å². The molecule has 29 heavy (non-hydrogen) atoms. The lowest BCUT2D eigenvalue weighted by Crippen LogP contribution is -2.07. The second-order valence-corrected chi connectivity index (χ2v) is 6.46. The van der Waals surface area contributed by atoms with Crippen molar-refractivity contribution in [3.8, 4) is 11.4 Å². The summed E-state index contributed by atoms with van der Waals surface area (Å²) in [6.07, 6.45) is 7.90. The van der Waals surface area contributed by atoms with Gasteiger partial charge in [-0.1, -0.05) is 12.1 Å². The maximum atomic E-state index is 5.19. The van der Waals surface area contributed by atoms with Crippen molar-refractivity contribution in [2.45, 2.75) is 6.42 Å². The third-order valence-corrected chi connectivity index (χ3v) is 4.49. The molecule has 2 N–H and O–H groups in total. The minimum absolute atomic E-state index is 0.738. The molecular weight excluding hydrogens is 364 g/mol. The normalized spacial score (nSPS) is 10.5. The maximum Gasteiger partial charge on any atom is 0.135 e. The maximum absolute atomic E-state index is 5.19. The molecule has 0 spiro atoms. The molecule has 0 aliphatic heterocycles. The van der Waals surface area contributed by atoms with Crippen LogP contribution in [0.2, 0.25) is 0 Å². The molecule has 0 amide bonds. The Balaban J connectivity index is 1.33.